The van der Waals surface area contributed by atoms with Crippen LogP contribution in [0.25, 0.3) is 0 Å². The van der Waals surface area contributed by atoms with Gasteiger partial charge >= 0.3 is 0 Å². The van der Waals surface area contributed by atoms with E-state index >= 15 is 0 Å². The summed E-state index contributed by atoms with van der Waals surface area (Å²) >= 11 is 0. The number of sulfone groups is 1. The number of rotatable bonds is 5. The summed E-state index contributed by atoms with van der Waals surface area (Å²) in [5, 5.41) is 3.31. The van der Waals surface area contributed by atoms with Gasteiger partial charge in [0.25, 0.3) is 0 Å². The van der Waals surface area contributed by atoms with Crippen LogP contribution in [0.2, 0.25) is 0 Å². The second kappa shape index (κ2) is 4.45. The first-order chi connectivity index (χ1) is 7.62. The molecule has 2 rings (SSSR count). The van der Waals surface area contributed by atoms with Crippen LogP contribution in [0.1, 0.15) is 19.8 Å². The molecule has 0 aromatic heterocycles. The Morgan fingerprint density at radius 1 is 1.25 bits per heavy atom. The van der Waals surface area contributed by atoms with Crippen molar-refractivity contribution in [2.24, 2.45) is 5.92 Å². The lowest BCUT2D eigenvalue weighted by Gasteiger charge is -2.06. The molecule has 1 aromatic carbocycles. The Hall–Kier alpha value is -1.03. The van der Waals surface area contributed by atoms with Crippen LogP contribution in [0, 0.1) is 5.92 Å². The number of anilines is 1. The molecule has 0 aliphatic heterocycles. The summed E-state index contributed by atoms with van der Waals surface area (Å²) in [6, 6.07) is 7.03. The molecule has 1 aliphatic rings. The molecule has 0 unspecified atom stereocenters. The Kier molecular flexibility index (Phi) is 3.19. The molecule has 0 saturated heterocycles. The molecule has 0 atom stereocenters. The summed E-state index contributed by atoms with van der Waals surface area (Å²) in [5.41, 5.74) is 1.00. The lowest BCUT2D eigenvalue weighted by atomic mass is 10.3. The van der Waals surface area contributed by atoms with E-state index in [-0.39, 0.29) is 5.75 Å². The molecular formula is C12H17NO2S. The molecule has 1 aromatic rings. The van der Waals surface area contributed by atoms with Gasteiger partial charge in [-0.25, -0.2) is 8.42 Å². The Morgan fingerprint density at radius 3 is 2.38 bits per heavy atom. The van der Waals surface area contributed by atoms with Crippen LogP contribution >= 0.6 is 0 Å². The van der Waals surface area contributed by atoms with E-state index in [4.69, 9.17) is 0 Å². The van der Waals surface area contributed by atoms with Gasteiger partial charge in [-0.1, -0.05) is 6.92 Å². The van der Waals surface area contributed by atoms with Crippen molar-refractivity contribution in [1.29, 1.82) is 0 Å². The Balaban J connectivity index is 2.03. The molecule has 1 N–H and O–H groups in total. The minimum absolute atomic E-state index is 0.155. The average molecular weight is 239 g/mol. The van der Waals surface area contributed by atoms with Gasteiger partial charge in [0, 0.05) is 12.2 Å². The molecule has 0 radical (unpaired) electrons. The third-order valence-corrected chi connectivity index (χ3v) is 4.64. The maximum absolute atomic E-state index is 11.6. The van der Waals surface area contributed by atoms with E-state index in [9.17, 15) is 8.42 Å². The highest BCUT2D eigenvalue weighted by molar-refractivity contribution is 7.91. The van der Waals surface area contributed by atoms with Crippen molar-refractivity contribution in [3.63, 3.8) is 0 Å². The van der Waals surface area contributed by atoms with Crippen LogP contribution in [0.4, 0.5) is 5.69 Å². The van der Waals surface area contributed by atoms with E-state index in [1.54, 1.807) is 19.1 Å². The zero-order valence-electron chi connectivity index (χ0n) is 9.44. The van der Waals surface area contributed by atoms with Crippen LogP contribution in [0.3, 0.4) is 0 Å². The summed E-state index contributed by atoms with van der Waals surface area (Å²) in [7, 11) is -3.06. The standard InChI is InChI=1S/C12H17NO2S/c1-2-16(14,15)12-7-5-11(6-8-12)13-9-10-3-4-10/h5-8,10,13H,2-4,9H2,1H3. The highest BCUT2D eigenvalue weighted by Crippen LogP contribution is 2.29. The molecule has 1 fully saturated rings. The fraction of sp³-hybridized carbons (Fsp3) is 0.500. The lowest BCUT2D eigenvalue weighted by molar-refractivity contribution is 0.597. The van der Waals surface area contributed by atoms with Crippen molar-refractivity contribution >= 4 is 15.5 Å². The normalized spacial score (nSPS) is 16.1. The van der Waals surface area contributed by atoms with Crippen LogP contribution in [-0.2, 0) is 9.84 Å². The topological polar surface area (TPSA) is 46.2 Å². The first-order valence-corrected chi connectivity index (χ1v) is 7.34. The van der Waals surface area contributed by atoms with E-state index in [0.29, 0.717) is 4.90 Å². The van der Waals surface area contributed by atoms with Gasteiger partial charge < -0.3 is 5.32 Å². The highest BCUT2D eigenvalue weighted by Gasteiger charge is 2.20. The summed E-state index contributed by atoms with van der Waals surface area (Å²) in [4.78, 5) is 0.409. The first-order valence-electron chi connectivity index (χ1n) is 5.68. The van der Waals surface area contributed by atoms with Gasteiger partial charge in [0.1, 0.15) is 0 Å². The maximum Gasteiger partial charge on any atom is 0.178 e. The van der Waals surface area contributed by atoms with E-state index < -0.39 is 9.84 Å². The second-order valence-corrected chi connectivity index (χ2v) is 6.53. The predicted octanol–water partition coefficient (Wildman–Crippen LogP) is 2.30. The van der Waals surface area contributed by atoms with Gasteiger partial charge in [-0.15, -0.1) is 0 Å². The van der Waals surface area contributed by atoms with Crippen molar-refractivity contribution in [3.05, 3.63) is 24.3 Å². The molecule has 88 valence electrons. The zero-order valence-corrected chi connectivity index (χ0v) is 10.3. The number of nitrogens with one attached hydrogen (secondary N) is 1. The lowest BCUT2D eigenvalue weighted by Crippen LogP contribution is -2.05. The zero-order chi connectivity index (χ0) is 11.6. The molecule has 0 amide bonds. The molecule has 0 bridgehead atoms. The third kappa shape index (κ3) is 2.76. The van der Waals surface area contributed by atoms with Gasteiger partial charge in [0.15, 0.2) is 9.84 Å². The summed E-state index contributed by atoms with van der Waals surface area (Å²) in [6.07, 6.45) is 2.63. The number of hydrogen-bond donors (Lipinski definition) is 1. The van der Waals surface area contributed by atoms with Gasteiger partial charge in [-0.05, 0) is 43.0 Å². The smallest absolute Gasteiger partial charge is 0.178 e. The molecule has 1 saturated carbocycles. The van der Waals surface area contributed by atoms with Crippen LogP contribution in [0.15, 0.2) is 29.2 Å². The van der Waals surface area contributed by atoms with E-state index in [1.165, 1.54) is 12.8 Å². The summed E-state index contributed by atoms with van der Waals surface area (Å²) < 4.78 is 23.1. The number of benzene rings is 1. The van der Waals surface area contributed by atoms with Crippen molar-refractivity contribution in [2.45, 2.75) is 24.7 Å². The molecule has 0 spiro atoms. The largest absolute Gasteiger partial charge is 0.385 e. The van der Waals surface area contributed by atoms with E-state index in [0.717, 1.165) is 18.2 Å². The molecular weight excluding hydrogens is 222 g/mol. The minimum atomic E-state index is -3.06. The van der Waals surface area contributed by atoms with Crippen LogP contribution < -0.4 is 5.32 Å². The SMILES string of the molecule is CCS(=O)(=O)c1ccc(NCC2CC2)cc1. The van der Waals surface area contributed by atoms with Crippen molar-refractivity contribution < 1.29 is 8.42 Å². The van der Waals surface area contributed by atoms with Gasteiger partial charge in [-0.2, -0.15) is 0 Å². The molecule has 4 heteroatoms. The average Bonchev–Trinajstić information content (AvgIpc) is 3.11. The first kappa shape index (κ1) is 11.5. The van der Waals surface area contributed by atoms with E-state index in [2.05, 4.69) is 5.32 Å². The molecule has 0 heterocycles. The van der Waals surface area contributed by atoms with Gasteiger partial charge in [-0.3, -0.25) is 0 Å². The minimum Gasteiger partial charge on any atom is -0.385 e. The van der Waals surface area contributed by atoms with Crippen molar-refractivity contribution in [3.8, 4) is 0 Å². The Labute approximate surface area is 96.8 Å². The van der Waals surface area contributed by atoms with Crippen molar-refractivity contribution in [1.82, 2.24) is 0 Å². The quantitative estimate of drug-likeness (QED) is 0.857. The van der Waals surface area contributed by atoms with Gasteiger partial charge in [0.2, 0.25) is 0 Å². The molecule has 16 heavy (non-hydrogen) atoms. The van der Waals surface area contributed by atoms with Crippen LogP contribution in [0.5, 0.6) is 0 Å². The monoisotopic (exact) mass is 239 g/mol. The predicted molar refractivity (Wildman–Crippen MR) is 65.4 cm³/mol. The Morgan fingerprint density at radius 2 is 1.88 bits per heavy atom. The second-order valence-electron chi connectivity index (χ2n) is 4.25. The fourth-order valence-corrected chi connectivity index (χ4v) is 2.42. The fourth-order valence-electron chi connectivity index (χ4n) is 1.53. The van der Waals surface area contributed by atoms with Gasteiger partial charge in [0.05, 0.1) is 10.6 Å². The molecule has 1 aliphatic carbocycles. The van der Waals surface area contributed by atoms with Crippen molar-refractivity contribution in [2.75, 3.05) is 17.6 Å². The maximum atomic E-state index is 11.6. The van der Waals surface area contributed by atoms with E-state index in [1.807, 2.05) is 12.1 Å². The van der Waals surface area contributed by atoms with Crippen LogP contribution in [-0.4, -0.2) is 20.7 Å². The summed E-state index contributed by atoms with van der Waals surface area (Å²) in [6.45, 7) is 2.66. The Bertz CT molecular complexity index is 446. The third-order valence-electron chi connectivity index (χ3n) is 2.89. The molecule has 3 nitrogen and oxygen atoms in total. The summed E-state index contributed by atoms with van der Waals surface area (Å²) in [5.74, 6) is 0.973. The highest BCUT2D eigenvalue weighted by atomic mass is 32.2. The number of hydrogen-bond acceptors (Lipinski definition) is 3.